The molecule has 616 valence electrons. The van der Waals surface area contributed by atoms with Gasteiger partial charge in [0.1, 0.15) is 212 Å². The van der Waals surface area contributed by atoms with Crippen molar-refractivity contribution < 1.29 is 253 Å². The van der Waals surface area contributed by atoms with E-state index in [1.807, 2.05) is 0 Å². The third kappa shape index (κ3) is 18.7. The van der Waals surface area contributed by atoms with Gasteiger partial charge in [-0.3, -0.25) is 0 Å². The van der Waals surface area contributed by atoms with Gasteiger partial charge in [-0.15, -0.1) is 4.33 Å². The topological polar surface area (TPSA) is 723 Å². The zero-order chi connectivity index (χ0) is 78.4. The van der Waals surface area contributed by atoms with Gasteiger partial charge in [-0.2, -0.15) is 8.42 Å². The second-order valence-corrected chi connectivity index (χ2v) is 29.5. The van der Waals surface area contributed by atoms with E-state index < -0.39 is 329 Å². The van der Waals surface area contributed by atoms with Crippen LogP contribution in [0.25, 0.3) is 11.1 Å². The van der Waals surface area contributed by atoms with Crippen LogP contribution in [0.1, 0.15) is 0 Å². The van der Waals surface area contributed by atoms with Crippen molar-refractivity contribution in [2.24, 2.45) is 0 Å². The van der Waals surface area contributed by atoms with E-state index in [4.69, 9.17) is 85.0 Å². The van der Waals surface area contributed by atoms with Crippen LogP contribution in [0.3, 0.4) is 0 Å². The van der Waals surface area contributed by atoms with E-state index in [1.165, 1.54) is 24.3 Å². The molecule has 49 heteroatoms. The minimum absolute atomic E-state index is 0. The molecule has 32 rings (SSSR count). The Hall–Kier alpha value is -2.34. The largest absolute Gasteiger partial charge is 1.00 e. The maximum absolute atomic E-state index is 13.6. The van der Waals surface area contributed by atoms with Crippen molar-refractivity contribution in [1.82, 2.24) is 0 Å². The molecule has 0 aliphatic carbocycles. The Morgan fingerprint density at radius 3 is 0.624 bits per heavy atom. The van der Waals surface area contributed by atoms with Crippen LogP contribution in [0.2, 0.25) is 0 Å². The summed E-state index contributed by atoms with van der Waals surface area (Å²) in [5.74, 6) is 0. The molecule has 30 heterocycles. The summed E-state index contributed by atoms with van der Waals surface area (Å²) >= 11 is 0. The van der Waals surface area contributed by atoms with Gasteiger partial charge in [-0.05, 0) is 35.4 Å². The fourth-order valence-corrected chi connectivity index (χ4v) is 14.9. The monoisotopic (exact) mass is 1630 g/mol. The molecule has 0 saturated carbocycles. The zero-order valence-electron chi connectivity index (χ0n) is 56.9. The summed E-state index contributed by atoms with van der Waals surface area (Å²) < 4.78 is 159. The molecular weight excluding hydrogens is 1540 g/mol. The molecule has 2 aromatic carbocycles. The minimum atomic E-state index is -5.00. The standard InChI is InChI=1S/C60H88O46S2.Na/c61-9-21-45-29(68)37(76)53(90-21)99-46-22(10-62)92-55(39(78)31(46)70)101-48-24(12-64)94-57(41(80)33(48)72)103-50-26(14-66)96-59(43(82)35(50)74)105-52-28(16-89-106-108(87,88)20-7-3-18(4-8-20)17-1-5-19(6-2-17)107(84,85)86)97-60(44(83)36(52)75)104-51-27(15-67)95-58(42(81)34(51)73)102-49-25(13-65)93-56(40(79)32(49)71)100-47-23(11-63)91-54(98-45)38(77)30(47)69;/h1-8,21-83H,9-16H2,(H,84,85,86);/q;+1/p-1/t21-,22-,23-,24-,25-,26-,27-,28-,29-,30-,31-,32-,33-,34-,35-,36-,37-,38-,39-,40-,41-,42-,43-,44-,45-,46-,47-,48-,49-,50-,51-,52-,53-,54-,55-,56-,57-,58-,59-,60-;/m1./s1. The SMILES string of the molecule is O=S(=O)([O-])c1ccc(-c2ccc(S(=O)(=O)OOC[C@H]3O[C@@H]4O[C@H]5[C@H](O)[C@@H](O)[C@@H](O[C@H]6[C@H](O)[C@@H](O)[C@@H](O[C@H]7[C@H](O)[C@@H](O)[C@@H](O[C@H]8[C@H](O)[C@@H](O)[C@@H](O[C@H]9[C@H](O)[C@@H](O)[C@@H](O[C@H]%10[C@H](O)[C@@H](O)[C@@H](O[C@H]%11[C@H](O)[C@@H](O)[C@@H](O[C@H]3[C@H](O)[C@H]4O)O[C@@H]%11CO)O[C@@H]%10CO)O[C@@H]9CO)O[C@@H]8CO)O[C@@H]7CO)O[C@@H]6CO)O[C@@H]5CO)cc2)cc1.[Na+]. The van der Waals surface area contributed by atoms with Crippen LogP contribution in [0.5, 0.6) is 0 Å². The van der Waals surface area contributed by atoms with E-state index in [-0.39, 0.29) is 29.6 Å². The number of aliphatic hydroxyl groups excluding tert-OH is 23. The molecule has 0 amide bonds. The summed E-state index contributed by atoms with van der Waals surface area (Å²) in [5.41, 5.74) is 0.639. The molecule has 23 N–H and O–H groups in total. The molecule has 30 aliphatic heterocycles. The maximum atomic E-state index is 13.6. The van der Waals surface area contributed by atoms with E-state index >= 15 is 0 Å². The maximum Gasteiger partial charge on any atom is 1.00 e. The van der Waals surface area contributed by atoms with Gasteiger partial charge in [0, 0.05) is 0 Å². The van der Waals surface area contributed by atoms with Gasteiger partial charge >= 0.3 is 39.7 Å². The molecule has 2 aromatic rings. The first kappa shape index (κ1) is 89.0. The van der Waals surface area contributed by atoms with Gasteiger partial charge in [0.25, 0.3) is 0 Å². The van der Waals surface area contributed by atoms with Crippen molar-refractivity contribution in [3.8, 4) is 11.1 Å². The van der Waals surface area contributed by atoms with Crippen LogP contribution in [-0.2, 0) is 105 Å². The van der Waals surface area contributed by atoms with Crippen molar-refractivity contribution in [3.63, 3.8) is 0 Å². The van der Waals surface area contributed by atoms with Crippen molar-refractivity contribution in [2.75, 3.05) is 52.9 Å². The molecule has 0 unspecified atom stereocenters. The number of hydrogen-bond donors (Lipinski definition) is 23. The Bertz CT molecular complexity index is 3400. The summed E-state index contributed by atoms with van der Waals surface area (Å²) in [6.07, 6.45) is -86.4. The molecule has 0 radical (unpaired) electrons. The van der Waals surface area contributed by atoms with E-state index in [2.05, 4.69) is 0 Å². The Morgan fingerprint density at radius 1 is 0.266 bits per heavy atom. The van der Waals surface area contributed by atoms with Gasteiger partial charge in [-0.25, -0.2) is 13.3 Å². The van der Waals surface area contributed by atoms with Crippen molar-refractivity contribution in [2.45, 2.75) is 255 Å². The third-order valence-corrected chi connectivity index (χ3v) is 21.7. The summed E-state index contributed by atoms with van der Waals surface area (Å²) in [7, 11) is -9.82. The predicted molar refractivity (Wildman–Crippen MR) is 328 cm³/mol. The average molecular weight is 1630 g/mol. The van der Waals surface area contributed by atoms with Gasteiger partial charge < -0.3 is 198 Å². The molecule has 30 aliphatic rings. The van der Waals surface area contributed by atoms with Gasteiger partial charge in [0.15, 0.2) is 50.3 Å². The zero-order valence-corrected chi connectivity index (χ0v) is 60.5. The summed E-state index contributed by atoms with van der Waals surface area (Å²) in [6.45, 7) is -9.29. The molecule has 0 aromatic heterocycles. The first-order valence-electron chi connectivity index (χ1n) is 33.6. The van der Waals surface area contributed by atoms with Crippen LogP contribution < -0.4 is 29.6 Å². The summed E-state index contributed by atoms with van der Waals surface area (Å²) in [5, 5.41) is 259. The number of aliphatic hydroxyl groups is 23. The smallest absolute Gasteiger partial charge is 0.744 e. The van der Waals surface area contributed by atoms with E-state index in [0.717, 1.165) is 24.3 Å². The number of benzene rings is 2. The molecule has 30 fully saturated rings. The van der Waals surface area contributed by atoms with Gasteiger partial charge in [0.2, 0.25) is 0 Å². The third-order valence-electron chi connectivity index (χ3n) is 19.7. The van der Waals surface area contributed by atoms with E-state index in [9.17, 15) is 139 Å². The van der Waals surface area contributed by atoms with Crippen LogP contribution in [-0.4, -0.2) is 437 Å². The molecule has 16 bridgehead atoms. The van der Waals surface area contributed by atoms with E-state index in [1.54, 1.807) is 0 Å². The van der Waals surface area contributed by atoms with Crippen LogP contribution in [0.4, 0.5) is 0 Å². The first-order valence-corrected chi connectivity index (χ1v) is 36.4. The quantitative estimate of drug-likeness (QED) is 0.0361. The van der Waals surface area contributed by atoms with Crippen molar-refractivity contribution in [1.29, 1.82) is 0 Å². The Morgan fingerprint density at radius 2 is 0.440 bits per heavy atom. The number of rotatable bonds is 14. The first-order chi connectivity index (χ1) is 51.2. The Balaban J connectivity index is 0.0000127. The van der Waals surface area contributed by atoms with Gasteiger partial charge in [0.05, 0.1) is 56.0 Å². The Labute approximate surface area is 638 Å². The second-order valence-electron chi connectivity index (χ2n) is 26.6. The fraction of sp³-hybridized carbons (Fsp3) is 0.800. The van der Waals surface area contributed by atoms with Crippen molar-refractivity contribution >= 4 is 20.2 Å². The van der Waals surface area contributed by atoms with Crippen LogP contribution in [0, 0.1) is 0 Å². The fourth-order valence-electron chi connectivity index (χ4n) is 13.7. The van der Waals surface area contributed by atoms with Crippen LogP contribution in [0.15, 0.2) is 58.3 Å². The molecule has 0 spiro atoms. The number of hydrogen-bond acceptors (Lipinski definition) is 46. The molecule has 46 nitrogen and oxygen atoms in total. The summed E-state index contributed by atoms with van der Waals surface area (Å²) in [4.78, 5) is 3.98. The van der Waals surface area contributed by atoms with Crippen molar-refractivity contribution in [3.05, 3.63) is 48.5 Å². The van der Waals surface area contributed by atoms with E-state index in [0.29, 0.717) is 11.1 Å². The second kappa shape index (κ2) is 37.5. The normalized spacial score (nSPS) is 47.1. The average Bonchev–Trinajstić information content (AvgIpc) is 0.773. The van der Waals surface area contributed by atoms with Crippen LogP contribution >= 0.6 is 0 Å². The molecule has 30 saturated heterocycles. The predicted octanol–water partition coefficient (Wildman–Crippen LogP) is -18.5. The molecule has 109 heavy (non-hydrogen) atoms. The number of ether oxygens (including phenoxy) is 16. The molecular formula is C60H87NaO46S2. The Kier molecular flexibility index (Phi) is 30.6. The summed E-state index contributed by atoms with van der Waals surface area (Å²) in [6, 6.07) is 9.11. The van der Waals surface area contributed by atoms with Gasteiger partial charge in [-0.1, -0.05) is 24.3 Å². The minimum Gasteiger partial charge on any atom is -0.744 e. The molecule has 40 atom stereocenters.